The zero-order valence-corrected chi connectivity index (χ0v) is 19.3. The van der Waals surface area contributed by atoms with E-state index in [1.165, 1.54) is 6.20 Å². The van der Waals surface area contributed by atoms with Gasteiger partial charge >= 0.3 is 0 Å². The first-order valence-electron chi connectivity index (χ1n) is 10.6. The van der Waals surface area contributed by atoms with Crippen LogP contribution in [0.25, 0.3) is 16.9 Å². The molecule has 4 heterocycles. The zero-order valence-electron chi connectivity index (χ0n) is 18.5. The number of halogens is 1. The quantitative estimate of drug-likeness (QED) is 0.380. The van der Waals surface area contributed by atoms with Crippen LogP contribution in [0.1, 0.15) is 23.0 Å². The molecule has 1 N–H and O–H groups in total. The summed E-state index contributed by atoms with van der Waals surface area (Å²) >= 11 is 5.97. The van der Waals surface area contributed by atoms with E-state index < -0.39 is 0 Å². The van der Waals surface area contributed by atoms with Crippen molar-refractivity contribution < 1.29 is 9.53 Å². The lowest BCUT2D eigenvalue weighted by Gasteiger charge is -2.06. The molecular weight excluding hydrogens is 456 g/mol. The number of aromatic nitrogens is 7. The molecule has 34 heavy (non-hydrogen) atoms. The van der Waals surface area contributed by atoms with E-state index in [0.29, 0.717) is 27.7 Å². The molecule has 11 heteroatoms. The first-order chi connectivity index (χ1) is 16.5. The number of nitrogens with one attached hydrogen (secondary N) is 1. The molecule has 0 aliphatic heterocycles. The minimum Gasteiger partial charge on any atom is -0.471 e. The zero-order chi connectivity index (χ0) is 23.7. The fraction of sp³-hybridized carbons (Fsp3) is 0.174. The van der Waals surface area contributed by atoms with Gasteiger partial charge in [-0.25, -0.2) is 14.2 Å². The fourth-order valence-electron chi connectivity index (χ4n) is 3.58. The monoisotopic (exact) mass is 476 g/mol. The third-order valence-corrected chi connectivity index (χ3v) is 5.48. The summed E-state index contributed by atoms with van der Waals surface area (Å²) in [6, 6.07) is 8.95. The second-order valence-corrected chi connectivity index (χ2v) is 8.00. The van der Waals surface area contributed by atoms with E-state index in [4.69, 9.17) is 16.3 Å². The Morgan fingerprint density at radius 1 is 1.15 bits per heavy atom. The summed E-state index contributed by atoms with van der Waals surface area (Å²) in [5, 5.41) is 16.6. The number of hydrogen-bond acceptors (Lipinski definition) is 6. The lowest BCUT2D eigenvalue weighted by Crippen LogP contribution is -2.12. The first-order valence-corrected chi connectivity index (χ1v) is 11.0. The highest BCUT2D eigenvalue weighted by atomic mass is 35.5. The van der Waals surface area contributed by atoms with Gasteiger partial charge in [0.25, 0.3) is 5.91 Å². The van der Waals surface area contributed by atoms with Crippen molar-refractivity contribution in [2.75, 3.05) is 5.32 Å². The lowest BCUT2D eigenvalue weighted by molar-refractivity contribution is 0.102. The van der Waals surface area contributed by atoms with Crippen LogP contribution >= 0.6 is 11.6 Å². The summed E-state index contributed by atoms with van der Waals surface area (Å²) in [6.45, 7) is 4.90. The molecule has 0 atom stereocenters. The Bertz CT molecular complexity index is 1490. The third-order valence-electron chi connectivity index (χ3n) is 5.24. The van der Waals surface area contributed by atoms with Crippen molar-refractivity contribution in [3.63, 3.8) is 0 Å². The van der Waals surface area contributed by atoms with Gasteiger partial charge in [-0.05, 0) is 38.1 Å². The van der Waals surface area contributed by atoms with E-state index in [9.17, 15) is 4.79 Å². The smallest absolute Gasteiger partial charge is 0.261 e. The van der Waals surface area contributed by atoms with Crippen molar-refractivity contribution in [2.24, 2.45) is 0 Å². The number of rotatable bonds is 7. The topological polar surface area (TPSA) is 104 Å². The van der Waals surface area contributed by atoms with Gasteiger partial charge in [0.15, 0.2) is 12.4 Å². The van der Waals surface area contributed by atoms with Crippen LogP contribution in [-0.2, 0) is 13.3 Å². The van der Waals surface area contributed by atoms with Crippen molar-refractivity contribution in [2.45, 2.75) is 27.1 Å². The van der Waals surface area contributed by atoms with Crippen LogP contribution < -0.4 is 10.1 Å². The van der Waals surface area contributed by atoms with Crippen molar-refractivity contribution >= 4 is 28.8 Å². The van der Waals surface area contributed by atoms with Crippen LogP contribution in [0.15, 0.2) is 61.3 Å². The molecule has 1 amide bonds. The molecule has 1 aromatic carbocycles. The molecule has 4 aromatic heterocycles. The second-order valence-electron chi connectivity index (χ2n) is 7.56. The number of anilines is 1. The Kier molecular flexibility index (Phi) is 5.72. The summed E-state index contributed by atoms with van der Waals surface area (Å²) in [6.07, 6.45) is 8.36. The highest BCUT2D eigenvalue weighted by molar-refractivity contribution is 6.30. The van der Waals surface area contributed by atoms with E-state index in [2.05, 4.69) is 25.6 Å². The molecule has 10 nitrogen and oxygen atoms in total. The number of nitrogens with zero attached hydrogens (tertiary/aromatic N) is 7. The van der Waals surface area contributed by atoms with Crippen LogP contribution in [0.4, 0.5) is 5.69 Å². The third kappa shape index (κ3) is 4.23. The molecule has 0 spiro atoms. The molecule has 0 bridgehead atoms. The molecule has 0 saturated carbocycles. The molecule has 0 radical (unpaired) electrons. The van der Waals surface area contributed by atoms with Gasteiger partial charge in [-0.1, -0.05) is 17.7 Å². The molecule has 172 valence electrons. The standard InChI is InChI=1S/C23H21ClN8O2/c1-3-30-13-20(15(2)29-30)21-7-8-25-22-19(11-27-32(21)22)23(33)28-17-10-26-31(12-17)14-34-18-6-4-5-16(24)9-18/h4-13H,3,14H2,1-2H3,(H,28,33). The Balaban J connectivity index is 1.33. The normalized spacial score (nSPS) is 11.1. The average Bonchev–Trinajstić information content (AvgIpc) is 3.55. The maximum atomic E-state index is 13.0. The molecule has 0 aliphatic carbocycles. The van der Waals surface area contributed by atoms with Gasteiger partial charge in [0.05, 0.1) is 35.7 Å². The predicted octanol–water partition coefficient (Wildman–Crippen LogP) is 4.06. The van der Waals surface area contributed by atoms with E-state index in [1.807, 2.05) is 30.8 Å². The summed E-state index contributed by atoms with van der Waals surface area (Å²) in [4.78, 5) is 17.4. The Labute approximate surface area is 199 Å². The highest BCUT2D eigenvalue weighted by Crippen LogP contribution is 2.24. The number of carbonyl (C=O) groups excluding carboxylic acids is 1. The summed E-state index contributed by atoms with van der Waals surface area (Å²) in [7, 11) is 0. The van der Waals surface area contributed by atoms with Gasteiger partial charge in [0.2, 0.25) is 0 Å². The summed E-state index contributed by atoms with van der Waals surface area (Å²) in [5.41, 5.74) is 3.96. The number of ether oxygens (including phenoxy) is 1. The van der Waals surface area contributed by atoms with Crippen molar-refractivity contribution in [3.8, 4) is 17.0 Å². The van der Waals surface area contributed by atoms with Crippen molar-refractivity contribution in [3.05, 3.63) is 77.6 Å². The van der Waals surface area contributed by atoms with E-state index in [0.717, 1.165) is 23.5 Å². The predicted molar refractivity (Wildman–Crippen MR) is 127 cm³/mol. The summed E-state index contributed by atoms with van der Waals surface area (Å²) < 4.78 is 10.8. The minimum absolute atomic E-state index is 0.169. The van der Waals surface area contributed by atoms with Crippen LogP contribution in [0, 0.1) is 6.92 Å². The van der Waals surface area contributed by atoms with Crippen LogP contribution in [-0.4, -0.2) is 40.1 Å². The molecule has 0 saturated heterocycles. The maximum Gasteiger partial charge on any atom is 0.261 e. The minimum atomic E-state index is -0.337. The van der Waals surface area contributed by atoms with Gasteiger partial charge in [-0.15, -0.1) is 0 Å². The first kappa shape index (κ1) is 21.7. The maximum absolute atomic E-state index is 13.0. The van der Waals surface area contributed by atoms with E-state index in [-0.39, 0.29) is 12.6 Å². The molecule has 0 unspecified atom stereocenters. The lowest BCUT2D eigenvalue weighted by atomic mass is 10.2. The van der Waals surface area contributed by atoms with Crippen molar-refractivity contribution in [1.29, 1.82) is 0 Å². The van der Waals surface area contributed by atoms with Crippen molar-refractivity contribution in [1.82, 2.24) is 34.2 Å². The number of carbonyl (C=O) groups is 1. The van der Waals surface area contributed by atoms with Gasteiger partial charge in [-0.2, -0.15) is 15.3 Å². The molecular formula is C23H21ClN8O2. The van der Waals surface area contributed by atoms with Crippen LogP contribution in [0.5, 0.6) is 5.75 Å². The van der Waals surface area contributed by atoms with Crippen LogP contribution in [0.3, 0.4) is 0 Å². The second kappa shape index (κ2) is 8.99. The molecule has 5 rings (SSSR count). The van der Waals surface area contributed by atoms with Gasteiger partial charge < -0.3 is 10.1 Å². The Morgan fingerprint density at radius 2 is 2.03 bits per heavy atom. The summed E-state index contributed by atoms with van der Waals surface area (Å²) in [5.74, 6) is 0.289. The SMILES string of the molecule is CCn1cc(-c2ccnc3c(C(=O)Nc4cnn(COc5cccc(Cl)c5)c4)cnn23)c(C)n1. The number of amides is 1. The number of benzene rings is 1. The average molecular weight is 477 g/mol. The fourth-order valence-corrected chi connectivity index (χ4v) is 3.76. The Hall–Kier alpha value is -4.18. The Morgan fingerprint density at radius 3 is 2.82 bits per heavy atom. The van der Waals surface area contributed by atoms with E-state index >= 15 is 0 Å². The number of fused-ring (bicyclic) bond motifs is 1. The number of aryl methyl sites for hydroxylation is 2. The van der Waals surface area contributed by atoms with Gasteiger partial charge in [-0.3, -0.25) is 9.48 Å². The molecule has 5 aromatic rings. The van der Waals surface area contributed by atoms with E-state index in [1.54, 1.807) is 52.1 Å². The van der Waals surface area contributed by atoms with Gasteiger partial charge in [0, 0.05) is 29.5 Å². The van der Waals surface area contributed by atoms with Crippen LogP contribution in [0.2, 0.25) is 5.02 Å². The van der Waals surface area contributed by atoms with Gasteiger partial charge in [0.1, 0.15) is 11.3 Å². The largest absolute Gasteiger partial charge is 0.471 e. The molecule has 0 aliphatic rings. The highest BCUT2D eigenvalue weighted by Gasteiger charge is 2.18. The number of hydrogen-bond donors (Lipinski definition) is 1. The molecule has 0 fully saturated rings.